The Morgan fingerprint density at radius 3 is 2.62 bits per heavy atom. The van der Waals surface area contributed by atoms with Crippen molar-refractivity contribution in [1.29, 1.82) is 0 Å². The standard InChI is InChI=1S/C11H15ClN2O2/c1-14-9(8(12)7-13-14)10(15)11(16)5-3-2-4-6-11/h7,16H,2-6H2,1H3. The Morgan fingerprint density at radius 1 is 1.50 bits per heavy atom. The molecule has 1 aliphatic carbocycles. The summed E-state index contributed by atoms with van der Waals surface area (Å²) in [6, 6.07) is 0. The van der Waals surface area contributed by atoms with Crippen LogP contribution in [0.1, 0.15) is 42.6 Å². The summed E-state index contributed by atoms with van der Waals surface area (Å²) in [5.74, 6) is -0.294. The lowest BCUT2D eigenvalue weighted by molar-refractivity contribution is 0.0108. The van der Waals surface area contributed by atoms with E-state index in [1.54, 1.807) is 7.05 Å². The van der Waals surface area contributed by atoms with Crippen LogP contribution in [-0.4, -0.2) is 26.3 Å². The van der Waals surface area contributed by atoms with Gasteiger partial charge >= 0.3 is 0 Å². The molecule has 2 rings (SSSR count). The summed E-state index contributed by atoms with van der Waals surface area (Å²) >= 11 is 5.91. The van der Waals surface area contributed by atoms with E-state index < -0.39 is 5.60 Å². The van der Waals surface area contributed by atoms with Crippen LogP contribution in [0, 0.1) is 0 Å². The number of halogens is 1. The van der Waals surface area contributed by atoms with Gasteiger partial charge in [0, 0.05) is 7.05 Å². The summed E-state index contributed by atoms with van der Waals surface area (Å²) < 4.78 is 1.43. The molecular formula is C11H15ClN2O2. The Hall–Kier alpha value is -0.870. The van der Waals surface area contributed by atoms with Crippen molar-refractivity contribution in [2.75, 3.05) is 0 Å². The number of aryl methyl sites for hydroxylation is 1. The SMILES string of the molecule is Cn1ncc(Cl)c1C(=O)C1(O)CCCCC1. The summed E-state index contributed by atoms with van der Waals surface area (Å²) in [4.78, 5) is 12.2. The van der Waals surface area contributed by atoms with Gasteiger partial charge in [-0.2, -0.15) is 5.10 Å². The number of Topliss-reactive ketones (excluding diaryl/α,β-unsaturated/α-hetero) is 1. The van der Waals surface area contributed by atoms with Crippen LogP contribution in [0.4, 0.5) is 0 Å². The zero-order valence-corrected chi connectivity index (χ0v) is 10.00. The van der Waals surface area contributed by atoms with E-state index in [-0.39, 0.29) is 5.78 Å². The maximum atomic E-state index is 12.2. The third-order valence-electron chi connectivity index (χ3n) is 3.21. The van der Waals surface area contributed by atoms with Crippen LogP contribution in [0.25, 0.3) is 0 Å². The first kappa shape index (κ1) is 11.6. The van der Waals surface area contributed by atoms with Crippen molar-refractivity contribution in [3.05, 3.63) is 16.9 Å². The summed E-state index contributed by atoms with van der Waals surface area (Å²) in [7, 11) is 1.66. The molecule has 1 aromatic rings. The average Bonchev–Trinajstić information content (AvgIpc) is 2.59. The number of rotatable bonds is 2. The van der Waals surface area contributed by atoms with E-state index in [4.69, 9.17) is 11.6 Å². The van der Waals surface area contributed by atoms with Gasteiger partial charge in [0.15, 0.2) is 0 Å². The quantitative estimate of drug-likeness (QED) is 0.807. The maximum Gasteiger partial charge on any atom is 0.213 e. The number of nitrogens with zero attached hydrogens (tertiary/aromatic N) is 2. The number of carbonyl (C=O) groups excluding carboxylic acids is 1. The van der Waals surface area contributed by atoms with Gasteiger partial charge < -0.3 is 5.11 Å². The number of aliphatic hydroxyl groups is 1. The third-order valence-corrected chi connectivity index (χ3v) is 3.49. The first-order valence-electron chi connectivity index (χ1n) is 5.49. The minimum absolute atomic E-state index is 0.294. The highest BCUT2D eigenvalue weighted by Crippen LogP contribution is 2.32. The van der Waals surface area contributed by atoms with E-state index in [0.717, 1.165) is 19.3 Å². The predicted octanol–water partition coefficient (Wildman–Crippen LogP) is 1.95. The van der Waals surface area contributed by atoms with Crippen LogP contribution >= 0.6 is 11.6 Å². The summed E-state index contributed by atoms with van der Waals surface area (Å²) in [5.41, 5.74) is -0.929. The molecule has 0 saturated heterocycles. The Kier molecular flexibility index (Phi) is 3.04. The molecule has 1 saturated carbocycles. The van der Waals surface area contributed by atoms with Crippen molar-refractivity contribution in [2.24, 2.45) is 7.05 Å². The molecule has 1 fully saturated rings. The molecule has 4 nitrogen and oxygen atoms in total. The van der Waals surface area contributed by atoms with Gasteiger partial charge in [-0.05, 0) is 12.8 Å². The maximum absolute atomic E-state index is 12.2. The fraction of sp³-hybridized carbons (Fsp3) is 0.636. The van der Waals surface area contributed by atoms with Crippen molar-refractivity contribution in [2.45, 2.75) is 37.7 Å². The number of hydrogen-bond donors (Lipinski definition) is 1. The molecule has 5 heteroatoms. The number of aromatic nitrogens is 2. The summed E-state index contributed by atoms with van der Waals surface area (Å²) in [6.07, 6.45) is 5.33. The van der Waals surface area contributed by atoms with Crippen LogP contribution in [0.2, 0.25) is 5.02 Å². The molecule has 0 bridgehead atoms. The molecule has 1 aliphatic rings. The highest BCUT2D eigenvalue weighted by molar-refractivity contribution is 6.34. The van der Waals surface area contributed by atoms with E-state index in [0.29, 0.717) is 23.6 Å². The second-order valence-electron chi connectivity index (χ2n) is 4.39. The molecule has 0 unspecified atom stereocenters. The smallest absolute Gasteiger partial charge is 0.213 e. The second kappa shape index (κ2) is 4.18. The molecular weight excluding hydrogens is 228 g/mol. The van der Waals surface area contributed by atoms with Crippen LogP contribution in [0.15, 0.2) is 6.20 Å². The van der Waals surface area contributed by atoms with Crippen LogP contribution in [0.5, 0.6) is 0 Å². The lowest BCUT2D eigenvalue weighted by Gasteiger charge is -2.30. The fourth-order valence-electron chi connectivity index (χ4n) is 2.25. The molecule has 0 radical (unpaired) electrons. The van der Waals surface area contributed by atoms with Crippen LogP contribution in [-0.2, 0) is 7.05 Å². The molecule has 16 heavy (non-hydrogen) atoms. The van der Waals surface area contributed by atoms with Crippen LogP contribution in [0.3, 0.4) is 0 Å². The van der Waals surface area contributed by atoms with E-state index in [1.807, 2.05) is 0 Å². The Morgan fingerprint density at radius 2 is 2.12 bits per heavy atom. The van der Waals surface area contributed by atoms with Crippen molar-refractivity contribution in [3.8, 4) is 0 Å². The van der Waals surface area contributed by atoms with Gasteiger partial charge in [-0.25, -0.2) is 0 Å². The Bertz CT molecular complexity index is 389. The van der Waals surface area contributed by atoms with E-state index in [1.165, 1.54) is 10.9 Å². The van der Waals surface area contributed by atoms with Crippen molar-refractivity contribution in [1.82, 2.24) is 9.78 Å². The highest BCUT2D eigenvalue weighted by Gasteiger charge is 2.39. The van der Waals surface area contributed by atoms with Gasteiger partial charge in [-0.15, -0.1) is 0 Å². The first-order valence-corrected chi connectivity index (χ1v) is 5.87. The van der Waals surface area contributed by atoms with Gasteiger partial charge in [0.2, 0.25) is 5.78 Å². The number of carbonyl (C=O) groups is 1. The van der Waals surface area contributed by atoms with Gasteiger partial charge in [0.25, 0.3) is 0 Å². The van der Waals surface area contributed by atoms with Gasteiger partial charge in [0.1, 0.15) is 11.3 Å². The summed E-state index contributed by atoms with van der Waals surface area (Å²) in [5, 5.41) is 14.5. The first-order chi connectivity index (χ1) is 7.54. The molecule has 88 valence electrons. The van der Waals surface area contributed by atoms with E-state index in [2.05, 4.69) is 5.10 Å². The second-order valence-corrected chi connectivity index (χ2v) is 4.79. The number of hydrogen-bond acceptors (Lipinski definition) is 3. The lowest BCUT2D eigenvalue weighted by Crippen LogP contribution is -2.41. The Labute approximate surface area is 99.2 Å². The molecule has 0 atom stereocenters. The highest BCUT2D eigenvalue weighted by atomic mass is 35.5. The van der Waals surface area contributed by atoms with Gasteiger partial charge in [-0.3, -0.25) is 9.48 Å². The molecule has 0 spiro atoms. The van der Waals surface area contributed by atoms with Gasteiger partial charge in [0.05, 0.1) is 11.2 Å². The predicted molar refractivity (Wildman–Crippen MR) is 60.6 cm³/mol. The molecule has 1 heterocycles. The third kappa shape index (κ3) is 1.87. The normalized spacial score (nSPS) is 19.7. The van der Waals surface area contributed by atoms with Crippen molar-refractivity contribution < 1.29 is 9.90 Å². The molecule has 1 N–H and O–H groups in total. The average molecular weight is 243 g/mol. The molecule has 0 aliphatic heterocycles. The lowest BCUT2D eigenvalue weighted by atomic mass is 9.81. The molecule has 0 aromatic carbocycles. The zero-order chi connectivity index (χ0) is 11.8. The Balaban J connectivity index is 2.31. The fourth-order valence-corrected chi connectivity index (χ4v) is 2.50. The molecule has 1 aromatic heterocycles. The van der Waals surface area contributed by atoms with Crippen molar-refractivity contribution >= 4 is 17.4 Å². The van der Waals surface area contributed by atoms with Gasteiger partial charge in [-0.1, -0.05) is 30.9 Å². The summed E-state index contributed by atoms with van der Waals surface area (Å²) in [6.45, 7) is 0. The number of ketones is 1. The van der Waals surface area contributed by atoms with E-state index in [9.17, 15) is 9.90 Å². The van der Waals surface area contributed by atoms with Crippen LogP contribution < -0.4 is 0 Å². The van der Waals surface area contributed by atoms with E-state index >= 15 is 0 Å². The minimum atomic E-state index is -1.24. The topological polar surface area (TPSA) is 55.1 Å². The van der Waals surface area contributed by atoms with Crippen molar-refractivity contribution in [3.63, 3.8) is 0 Å². The largest absolute Gasteiger partial charge is 0.382 e. The minimum Gasteiger partial charge on any atom is -0.382 e. The molecule has 0 amide bonds. The monoisotopic (exact) mass is 242 g/mol. The zero-order valence-electron chi connectivity index (χ0n) is 9.24.